The summed E-state index contributed by atoms with van der Waals surface area (Å²) in [6.07, 6.45) is 1.29. The number of amides is 2. The molecule has 0 aliphatic heterocycles. The van der Waals surface area contributed by atoms with Crippen LogP contribution >= 0.6 is 11.3 Å². The maximum atomic E-state index is 12.6. The number of nitrogens with zero attached hydrogens (tertiary/aromatic N) is 2. The maximum Gasteiger partial charge on any atom is 0.341 e. The Kier molecular flexibility index (Phi) is 5.95. The first-order valence-corrected chi connectivity index (χ1v) is 8.68. The first-order chi connectivity index (χ1) is 12.7. The van der Waals surface area contributed by atoms with Crippen LogP contribution in [0, 0.1) is 6.92 Å². The minimum atomic E-state index is -1.16. The fourth-order valence-corrected chi connectivity index (χ4v) is 3.40. The number of ether oxygens (including phenoxy) is 1. The highest BCUT2D eigenvalue weighted by molar-refractivity contribution is 7.18. The third-order valence-electron chi connectivity index (χ3n) is 3.70. The van der Waals surface area contributed by atoms with E-state index in [1.807, 2.05) is 0 Å². The Balaban J connectivity index is 2.43. The first-order valence-electron chi connectivity index (χ1n) is 7.86. The molecule has 144 valence electrons. The van der Waals surface area contributed by atoms with Gasteiger partial charge in [0.25, 0.3) is 11.8 Å². The largest absolute Gasteiger partial charge is 0.480 e. The van der Waals surface area contributed by atoms with Gasteiger partial charge in [-0.3, -0.25) is 9.59 Å². The number of hydrogen-bond donors (Lipinski definition) is 3. The summed E-state index contributed by atoms with van der Waals surface area (Å²) in [5, 5.41) is 15.6. The van der Waals surface area contributed by atoms with E-state index in [4.69, 9.17) is 15.6 Å². The van der Waals surface area contributed by atoms with E-state index in [0.717, 1.165) is 16.0 Å². The number of anilines is 1. The first kappa shape index (κ1) is 20.1. The molecular formula is C16H18N4O6S. The molecule has 2 aromatic rings. The van der Waals surface area contributed by atoms with Crippen molar-refractivity contribution >= 4 is 40.1 Å². The Morgan fingerprint density at radius 3 is 2.63 bits per heavy atom. The van der Waals surface area contributed by atoms with Crippen molar-refractivity contribution < 1.29 is 29.0 Å². The average Bonchev–Trinajstić information content (AvgIpc) is 3.19. The molecule has 11 heteroatoms. The molecule has 2 heterocycles. The van der Waals surface area contributed by atoms with Gasteiger partial charge in [0.1, 0.15) is 16.7 Å². The van der Waals surface area contributed by atoms with E-state index in [-0.39, 0.29) is 27.7 Å². The number of thiophene rings is 1. The number of aromatic nitrogens is 2. The zero-order valence-electron chi connectivity index (χ0n) is 14.8. The molecule has 0 fully saturated rings. The van der Waals surface area contributed by atoms with Gasteiger partial charge in [0, 0.05) is 6.20 Å². The van der Waals surface area contributed by atoms with E-state index in [1.165, 1.54) is 26.1 Å². The van der Waals surface area contributed by atoms with E-state index in [0.29, 0.717) is 5.56 Å². The van der Waals surface area contributed by atoms with Crippen molar-refractivity contribution in [1.82, 2.24) is 9.78 Å². The van der Waals surface area contributed by atoms with Crippen LogP contribution in [0.3, 0.4) is 0 Å². The predicted octanol–water partition coefficient (Wildman–Crippen LogP) is 1.43. The van der Waals surface area contributed by atoms with Crippen LogP contribution in [0.1, 0.15) is 56.0 Å². The number of nitrogens with two attached hydrogens (primary N) is 1. The Hall–Kier alpha value is -3.21. The molecule has 0 spiro atoms. The number of aliphatic carboxylic acids is 1. The van der Waals surface area contributed by atoms with Crippen LogP contribution in [0.25, 0.3) is 0 Å². The smallest absolute Gasteiger partial charge is 0.341 e. The molecule has 2 aromatic heterocycles. The Bertz CT molecular complexity index is 916. The normalized spacial score (nSPS) is 11.7. The van der Waals surface area contributed by atoms with E-state index < -0.39 is 29.8 Å². The molecule has 1 unspecified atom stereocenters. The summed E-state index contributed by atoms with van der Waals surface area (Å²) in [5.74, 6) is -3.30. The summed E-state index contributed by atoms with van der Waals surface area (Å²) in [7, 11) is 0. The monoisotopic (exact) mass is 394 g/mol. The molecule has 1 atom stereocenters. The van der Waals surface area contributed by atoms with Crippen LogP contribution in [-0.2, 0) is 9.53 Å². The highest BCUT2D eigenvalue weighted by atomic mass is 32.1. The molecule has 0 saturated heterocycles. The SMILES string of the molecule is CCOC(=O)c1c(NC(=O)c2ccnn2C(C)C(=O)O)sc(C(N)=O)c1C. The molecule has 0 saturated carbocycles. The molecule has 0 aromatic carbocycles. The number of carboxylic acid groups (broad SMARTS) is 1. The van der Waals surface area contributed by atoms with Gasteiger partial charge in [-0.15, -0.1) is 11.3 Å². The predicted molar refractivity (Wildman–Crippen MR) is 96.1 cm³/mol. The lowest BCUT2D eigenvalue weighted by atomic mass is 10.1. The zero-order chi connectivity index (χ0) is 20.3. The van der Waals surface area contributed by atoms with Gasteiger partial charge in [0.15, 0.2) is 0 Å². The van der Waals surface area contributed by atoms with Crippen molar-refractivity contribution in [3.63, 3.8) is 0 Å². The van der Waals surface area contributed by atoms with Gasteiger partial charge in [-0.2, -0.15) is 5.10 Å². The molecule has 0 radical (unpaired) electrons. The number of hydrogen-bond acceptors (Lipinski definition) is 7. The lowest BCUT2D eigenvalue weighted by molar-refractivity contribution is -0.140. The molecule has 27 heavy (non-hydrogen) atoms. The molecular weight excluding hydrogens is 376 g/mol. The van der Waals surface area contributed by atoms with Gasteiger partial charge in [0.05, 0.1) is 17.0 Å². The molecule has 0 aliphatic rings. The van der Waals surface area contributed by atoms with E-state index in [9.17, 15) is 19.2 Å². The number of rotatable bonds is 7. The second kappa shape index (κ2) is 7.99. The van der Waals surface area contributed by atoms with E-state index in [1.54, 1.807) is 6.92 Å². The summed E-state index contributed by atoms with van der Waals surface area (Å²) in [4.78, 5) is 47.7. The van der Waals surface area contributed by atoms with Gasteiger partial charge in [-0.1, -0.05) is 0 Å². The summed E-state index contributed by atoms with van der Waals surface area (Å²) in [5.41, 5.74) is 5.63. The van der Waals surface area contributed by atoms with Crippen LogP contribution in [0.2, 0.25) is 0 Å². The highest BCUT2D eigenvalue weighted by Gasteiger charge is 2.27. The number of nitrogens with one attached hydrogen (secondary N) is 1. The van der Waals surface area contributed by atoms with Crippen molar-refractivity contribution in [2.75, 3.05) is 11.9 Å². The minimum Gasteiger partial charge on any atom is -0.480 e. The fraction of sp³-hybridized carbons (Fsp3) is 0.312. The number of primary amides is 1. The second-order valence-electron chi connectivity index (χ2n) is 5.47. The van der Waals surface area contributed by atoms with Crippen LogP contribution < -0.4 is 11.1 Å². The zero-order valence-corrected chi connectivity index (χ0v) is 15.6. The number of esters is 1. The van der Waals surface area contributed by atoms with Gasteiger partial charge in [-0.05, 0) is 32.4 Å². The number of carboxylic acids is 1. The van der Waals surface area contributed by atoms with Gasteiger partial charge in [-0.25, -0.2) is 14.3 Å². The van der Waals surface area contributed by atoms with Crippen LogP contribution in [0.15, 0.2) is 12.3 Å². The third-order valence-corrected chi connectivity index (χ3v) is 4.93. The molecule has 2 amide bonds. The van der Waals surface area contributed by atoms with Crippen molar-refractivity contribution in [3.05, 3.63) is 34.0 Å². The molecule has 2 rings (SSSR count). The van der Waals surface area contributed by atoms with E-state index in [2.05, 4.69) is 10.4 Å². The lowest BCUT2D eigenvalue weighted by Crippen LogP contribution is -2.24. The van der Waals surface area contributed by atoms with Gasteiger partial charge in [0.2, 0.25) is 0 Å². The number of carbonyl (C=O) groups excluding carboxylic acids is 3. The van der Waals surface area contributed by atoms with Gasteiger partial charge < -0.3 is 20.9 Å². The molecule has 10 nitrogen and oxygen atoms in total. The Morgan fingerprint density at radius 1 is 1.41 bits per heavy atom. The summed E-state index contributed by atoms with van der Waals surface area (Å²) < 4.78 is 6.02. The van der Waals surface area contributed by atoms with Gasteiger partial charge >= 0.3 is 11.9 Å². The van der Waals surface area contributed by atoms with E-state index >= 15 is 0 Å². The Morgan fingerprint density at radius 2 is 2.07 bits per heavy atom. The molecule has 4 N–H and O–H groups in total. The number of carbonyl (C=O) groups is 4. The molecule has 0 aliphatic carbocycles. The highest BCUT2D eigenvalue weighted by Crippen LogP contribution is 2.34. The molecule has 0 bridgehead atoms. The fourth-order valence-electron chi connectivity index (χ4n) is 2.36. The Labute approximate surface area is 157 Å². The topological polar surface area (TPSA) is 154 Å². The van der Waals surface area contributed by atoms with Crippen molar-refractivity contribution in [1.29, 1.82) is 0 Å². The van der Waals surface area contributed by atoms with Crippen LogP contribution in [0.4, 0.5) is 5.00 Å². The van der Waals surface area contributed by atoms with Crippen LogP contribution in [0.5, 0.6) is 0 Å². The maximum absolute atomic E-state index is 12.6. The minimum absolute atomic E-state index is 0.0219. The summed E-state index contributed by atoms with van der Waals surface area (Å²) in [6.45, 7) is 4.63. The third kappa shape index (κ3) is 3.97. The quantitative estimate of drug-likeness (QED) is 0.600. The average molecular weight is 394 g/mol. The summed E-state index contributed by atoms with van der Waals surface area (Å²) >= 11 is 0.841. The summed E-state index contributed by atoms with van der Waals surface area (Å²) in [6, 6.07) is 0.269. The van der Waals surface area contributed by atoms with Crippen molar-refractivity contribution in [2.45, 2.75) is 26.8 Å². The van der Waals surface area contributed by atoms with Crippen molar-refractivity contribution in [3.8, 4) is 0 Å². The second-order valence-corrected chi connectivity index (χ2v) is 6.50. The lowest BCUT2D eigenvalue weighted by Gasteiger charge is -2.12. The van der Waals surface area contributed by atoms with Crippen LogP contribution in [-0.4, -0.2) is 45.2 Å². The van der Waals surface area contributed by atoms with Crippen molar-refractivity contribution in [2.24, 2.45) is 5.73 Å². The standard InChI is InChI=1S/C16H18N4O6S/c1-4-26-16(25)10-7(2)11(12(17)21)27-14(10)19-13(22)9-5-6-18-20(9)8(3)15(23)24/h5-6,8H,4H2,1-3H3,(H2,17,21)(H,19,22)(H,23,24).